The van der Waals surface area contributed by atoms with Crippen molar-refractivity contribution in [3.63, 3.8) is 0 Å². The maximum atomic E-state index is 13.0. The summed E-state index contributed by atoms with van der Waals surface area (Å²) in [5.41, 5.74) is -0.776. The monoisotopic (exact) mass is 162 g/mol. The number of aliphatic hydroxyl groups is 1. The summed E-state index contributed by atoms with van der Waals surface area (Å²) < 4.78 is 25.9. The lowest BCUT2D eigenvalue weighted by Crippen LogP contribution is -2.63. The third kappa shape index (κ3) is 0.675. The van der Waals surface area contributed by atoms with E-state index >= 15 is 0 Å². The van der Waals surface area contributed by atoms with Gasteiger partial charge in [0.2, 0.25) is 0 Å². The van der Waals surface area contributed by atoms with Crippen molar-refractivity contribution < 1.29 is 13.9 Å². The SMILES string of the molecule is OCC1CC(F)(F)C12CCC2. The molecule has 0 bridgehead atoms. The fraction of sp³-hybridized carbons (Fsp3) is 1.00. The minimum absolute atomic E-state index is 0.0599. The number of hydrogen-bond acceptors (Lipinski definition) is 1. The topological polar surface area (TPSA) is 20.2 Å². The Balaban J connectivity index is 2.13. The molecule has 64 valence electrons. The quantitative estimate of drug-likeness (QED) is 0.623. The Hall–Kier alpha value is -0.180. The van der Waals surface area contributed by atoms with E-state index in [-0.39, 0.29) is 18.9 Å². The van der Waals surface area contributed by atoms with Crippen LogP contribution in [-0.2, 0) is 0 Å². The molecule has 2 rings (SSSR count). The predicted octanol–water partition coefficient (Wildman–Crippen LogP) is 1.80. The third-order valence-electron chi connectivity index (χ3n) is 3.48. The molecule has 1 nitrogen and oxygen atoms in total. The lowest BCUT2D eigenvalue weighted by atomic mass is 9.47. The van der Waals surface area contributed by atoms with Crippen molar-refractivity contribution >= 4 is 0 Å². The molecule has 2 fully saturated rings. The van der Waals surface area contributed by atoms with Crippen LogP contribution in [0.15, 0.2) is 0 Å². The summed E-state index contributed by atoms with van der Waals surface area (Å²) in [5.74, 6) is -2.59. The molecule has 0 aromatic rings. The first-order valence-corrected chi connectivity index (χ1v) is 4.11. The first-order chi connectivity index (χ1) is 5.12. The van der Waals surface area contributed by atoms with E-state index in [1.54, 1.807) is 0 Å². The van der Waals surface area contributed by atoms with Gasteiger partial charge in [0.1, 0.15) is 0 Å². The molecule has 2 aliphatic rings. The molecule has 1 N–H and O–H groups in total. The van der Waals surface area contributed by atoms with E-state index in [2.05, 4.69) is 0 Å². The lowest BCUT2D eigenvalue weighted by Gasteiger charge is -2.60. The molecule has 0 radical (unpaired) electrons. The Morgan fingerprint density at radius 2 is 2.00 bits per heavy atom. The molecule has 0 amide bonds. The fourth-order valence-corrected chi connectivity index (χ4v) is 2.45. The van der Waals surface area contributed by atoms with Crippen LogP contribution >= 0.6 is 0 Å². The van der Waals surface area contributed by atoms with Crippen molar-refractivity contribution in [1.82, 2.24) is 0 Å². The van der Waals surface area contributed by atoms with Gasteiger partial charge < -0.3 is 5.11 Å². The van der Waals surface area contributed by atoms with Crippen LogP contribution in [0.3, 0.4) is 0 Å². The summed E-state index contributed by atoms with van der Waals surface area (Å²) in [4.78, 5) is 0. The van der Waals surface area contributed by atoms with Gasteiger partial charge in [-0.05, 0) is 18.8 Å². The standard InChI is InChI=1S/C8H12F2O/c9-8(10)4-6(5-11)7(8)2-1-3-7/h6,11H,1-5H2. The van der Waals surface area contributed by atoms with Crippen LogP contribution < -0.4 is 0 Å². The van der Waals surface area contributed by atoms with Gasteiger partial charge in [-0.3, -0.25) is 0 Å². The molecule has 0 aromatic carbocycles. The highest BCUT2D eigenvalue weighted by atomic mass is 19.3. The first-order valence-electron chi connectivity index (χ1n) is 4.11. The minimum atomic E-state index is -2.47. The smallest absolute Gasteiger partial charge is 0.254 e. The Labute approximate surface area is 64.4 Å². The van der Waals surface area contributed by atoms with Crippen LogP contribution in [-0.4, -0.2) is 17.6 Å². The van der Waals surface area contributed by atoms with Crippen molar-refractivity contribution in [3.05, 3.63) is 0 Å². The van der Waals surface area contributed by atoms with E-state index in [4.69, 9.17) is 5.11 Å². The zero-order chi connectivity index (χ0) is 8.11. The molecule has 1 spiro atoms. The average molecular weight is 162 g/mol. The van der Waals surface area contributed by atoms with Crippen molar-refractivity contribution in [2.45, 2.75) is 31.6 Å². The number of aliphatic hydroxyl groups excluding tert-OH is 1. The average Bonchev–Trinajstić information content (AvgIpc) is 1.79. The molecule has 1 atom stereocenters. The molecular formula is C8H12F2O. The van der Waals surface area contributed by atoms with Crippen LogP contribution in [0.2, 0.25) is 0 Å². The van der Waals surface area contributed by atoms with Crippen LogP contribution in [0.5, 0.6) is 0 Å². The molecule has 0 heterocycles. The molecular weight excluding hydrogens is 150 g/mol. The zero-order valence-corrected chi connectivity index (χ0v) is 6.32. The number of alkyl halides is 2. The molecule has 0 saturated heterocycles. The van der Waals surface area contributed by atoms with Gasteiger partial charge in [0.05, 0.1) is 0 Å². The van der Waals surface area contributed by atoms with Crippen molar-refractivity contribution in [1.29, 1.82) is 0 Å². The maximum absolute atomic E-state index is 13.0. The Kier molecular flexibility index (Phi) is 1.32. The molecule has 11 heavy (non-hydrogen) atoms. The van der Waals surface area contributed by atoms with E-state index in [1.807, 2.05) is 0 Å². The minimum Gasteiger partial charge on any atom is -0.396 e. The van der Waals surface area contributed by atoms with Gasteiger partial charge in [0, 0.05) is 18.4 Å². The summed E-state index contributed by atoms with van der Waals surface area (Å²) in [6.45, 7) is -0.0599. The predicted molar refractivity (Wildman–Crippen MR) is 36.4 cm³/mol. The zero-order valence-electron chi connectivity index (χ0n) is 6.32. The van der Waals surface area contributed by atoms with Crippen molar-refractivity contribution in [3.8, 4) is 0 Å². The summed E-state index contributed by atoms with van der Waals surface area (Å²) in [5, 5.41) is 8.79. The second-order valence-corrected chi connectivity index (χ2v) is 3.80. The van der Waals surface area contributed by atoms with Gasteiger partial charge in [-0.2, -0.15) is 0 Å². The molecule has 0 aromatic heterocycles. The lowest BCUT2D eigenvalue weighted by molar-refractivity contribution is -0.284. The Morgan fingerprint density at radius 3 is 2.18 bits per heavy atom. The van der Waals surface area contributed by atoms with Gasteiger partial charge in [0.25, 0.3) is 5.92 Å². The molecule has 2 aliphatic carbocycles. The summed E-state index contributed by atoms with van der Waals surface area (Å²) in [7, 11) is 0. The highest BCUT2D eigenvalue weighted by molar-refractivity contribution is 5.11. The normalized spacial score (nSPS) is 37.9. The van der Waals surface area contributed by atoms with Gasteiger partial charge in [-0.15, -0.1) is 0 Å². The fourth-order valence-electron chi connectivity index (χ4n) is 2.45. The second kappa shape index (κ2) is 1.94. The number of hydrogen-bond donors (Lipinski definition) is 1. The van der Waals surface area contributed by atoms with Crippen molar-refractivity contribution in [2.75, 3.05) is 6.61 Å². The van der Waals surface area contributed by atoms with Crippen LogP contribution in [0.1, 0.15) is 25.7 Å². The highest BCUT2D eigenvalue weighted by Gasteiger charge is 2.69. The molecule has 3 heteroatoms. The van der Waals surface area contributed by atoms with Gasteiger partial charge >= 0.3 is 0 Å². The number of rotatable bonds is 1. The highest BCUT2D eigenvalue weighted by Crippen LogP contribution is 2.67. The second-order valence-electron chi connectivity index (χ2n) is 3.80. The van der Waals surface area contributed by atoms with E-state index < -0.39 is 11.3 Å². The van der Waals surface area contributed by atoms with Gasteiger partial charge in [-0.1, -0.05) is 6.42 Å². The molecule has 0 aliphatic heterocycles. The Bertz CT molecular complexity index is 175. The van der Waals surface area contributed by atoms with E-state index in [9.17, 15) is 8.78 Å². The van der Waals surface area contributed by atoms with E-state index in [1.165, 1.54) is 0 Å². The van der Waals surface area contributed by atoms with Crippen LogP contribution in [0, 0.1) is 11.3 Å². The molecule has 1 unspecified atom stereocenters. The van der Waals surface area contributed by atoms with Crippen molar-refractivity contribution in [2.24, 2.45) is 11.3 Å². The largest absolute Gasteiger partial charge is 0.396 e. The number of halogens is 2. The van der Waals surface area contributed by atoms with Crippen LogP contribution in [0.4, 0.5) is 8.78 Å². The summed E-state index contributed by atoms with van der Waals surface area (Å²) >= 11 is 0. The first kappa shape index (κ1) is 7.47. The van der Waals surface area contributed by atoms with Gasteiger partial charge in [-0.25, -0.2) is 8.78 Å². The maximum Gasteiger partial charge on any atom is 0.254 e. The summed E-state index contributed by atoms with van der Waals surface area (Å²) in [6.07, 6.45) is 2.05. The van der Waals surface area contributed by atoms with Gasteiger partial charge in [0.15, 0.2) is 0 Å². The molecule has 2 saturated carbocycles. The van der Waals surface area contributed by atoms with Crippen LogP contribution in [0.25, 0.3) is 0 Å². The Morgan fingerprint density at radius 1 is 1.36 bits per heavy atom. The van der Waals surface area contributed by atoms with E-state index in [0.29, 0.717) is 12.8 Å². The summed E-state index contributed by atoms with van der Waals surface area (Å²) in [6, 6.07) is 0. The third-order valence-corrected chi connectivity index (χ3v) is 3.48. The van der Waals surface area contributed by atoms with E-state index in [0.717, 1.165) is 6.42 Å².